The third-order valence-electron chi connectivity index (χ3n) is 2.25. The van der Waals surface area contributed by atoms with Gasteiger partial charge in [0.2, 0.25) is 0 Å². The molecule has 0 fully saturated rings. The number of aromatic nitrogens is 2. The van der Waals surface area contributed by atoms with Crippen molar-refractivity contribution in [3.8, 4) is 0 Å². The zero-order valence-electron chi connectivity index (χ0n) is 8.37. The Labute approximate surface area is 97.0 Å². The highest BCUT2D eigenvalue weighted by Crippen LogP contribution is 2.25. The summed E-state index contributed by atoms with van der Waals surface area (Å²) in [6.07, 6.45) is 3.61. The topological polar surface area (TPSA) is 40.7 Å². The van der Waals surface area contributed by atoms with Gasteiger partial charge in [0.1, 0.15) is 0 Å². The number of H-pyrrole nitrogens is 1. The van der Waals surface area contributed by atoms with Crippen LogP contribution in [0.5, 0.6) is 0 Å². The number of rotatable bonds is 3. The molecule has 0 bridgehead atoms. The molecule has 2 aromatic rings. The molecule has 0 aliphatic rings. The molecule has 0 saturated heterocycles. The minimum atomic E-state index is 0.248. The summed E-state index contributed by atoms with van der Waals surface area (Å²) < 4.78 is 1.12. The third-order valence-corrected chi connectivity index (χ3v) is 2.98. The summed E-state index contributed by atoms with van der Waals surface area (Å²) in [5.74, 6) is 0. The van der Waals surface area contributed by atoms with E-state index in [-0.39, 0.29) is 6.04 Å². The Balaban J connectivity index is 2.15. The van der Waals surface area contributed by atoms with Crippen molar-refractivity contribution < 1.29 is 0 Å². The summed E-state index contributed by atoms with van der Waals surface area (Å²) in [5, 5.41) is 10.0. The van der Waals surface area contributed by atoms with Crippen LogP contribution in [-0.4, -0.2) is 10.2 Å². The Morgan fingerprint density at radius 2 is 2.20 bits per heavy atom. The van der Waals surface area contributed by atoms with Gasteiger partial charge < -0.3 is 5.32 Å². The number of nitrogens with one attached hydrogen (secondary N) is 2. The molecule has 3 nitrogen and oxygen atoms in total. The summed E-state index contributed by atoms with van der Waals surface area (Å²) in [5.41, 5.74) is 2.23. The number of anilines is 1. The Kier molecular flexibility index (Phi) is 3.06. The van der Waals surface area contributed by atoms with E-state index in [9.17, 15) is 0 Å². The van der Waals surface area contributed by atoms with Crippen LogP contribution < -0.4 is 5.32 Å². The van der Waals surface area contributed by atoms with Crippen LogP contribution in [-0.2, 0) is 0 Å². The first-order valence-corrected chi connectivity index (χ1v) is 5.56. The molecule has 0 radical (unpaired) electrons. The van der Waals surface area contributed by atoms with Crippen LogP contribution in [0.2, 0.25) is 0 Å². The van der Waals surface area contributed by atoms with Crippen molar-refractivity contribution in [2.75, 3.05) is 5.32 Å². The molecule has 2 rings (SSSR count). The van der Waals surface area contributed by atoms with Gasteiger partial charge in [0.15, 0.2) is 0 Å². The Morgan fingerprint density at radius 3 is 2.87 bits per heavy atom. The van der Waals surface area contributed by atoms with Crippen LogP contribution in [0.4, 0.5) is 5.69 Å². The summed E-state index contributed by atoms with van der Waals surface area (Å²) in [6, 6.07) is 8.44. The molecule has 4 heteroatoms. The monoisotopic (exact) mass is 265 g/mol. The first kappa shape index (κ1) is 10.2. The van der Waals surface area contributed by atoms with Gasteiger partial charge in [0.25, 0.3) is 0 Å². The van der Waals surface area contributed by atoms with E-state index in [1.807, 2.05) is 24.4 Å². The van der Waals surface area contributed by atoms with Crippen LogP contribution in [0.1, 0.15) is 18.5 Å². The van der Waals surface area contributed by atoms with Crippen molar-refractivity contribution >= 4 is 21.6 Å². The molecule has 2 N–H and O–H groups in total. The number of hydrogen-bond acceptors (Lipinski definition) is 2. The molecule has 0 saturated carbocycles. The van der Waals surface area contributed by atoms with Gasteiger partial charge in [0.05, 0.1) is 11.9 Å². The number of nitrogens with zero attached hydrogens (tertiary/aromatic N) is 1. The maximum Gasteiger partial charge on any atom is 0.0728 e. The second kappa shape index (κ2) is 4.49. The van der Waals surface area contributed by atoms with Gasteiger partial charge in [-0.25, -0.2) is 0 Å². The van der Waals surface area contributed by atoms with E-state index in [4.69, 9.17) is 0 Å². The maximum atomic E-state index is 3.89. The van der Waals surface area contributed by atoms with Gasteiger partial charge in [-0.15, -0.1) is 0 Å². The zero-order chi connectivity index (χ0) is 10.7. The number of aromatic amines is 1. The van der Waals surface area contributed by atoms with Crippen molar-refractivity contribution in [1.82, 2.24) is 10.2 Å². The summed E-state index contributed by atoms with van der Waals surface area (Å²) in [6.45, 7) is 2.12. The quantitative estimate of drug-likeness (QED) is 0.894. The SMILES string of the molecule is CC(Nc1cn[nH]c1)c1ccccc1Br. The van der Waals surface area contributed by atoms with Crippen LogP contribution >= 0.6 is 15.9 Å². The predicted octanol–water partition coefficient (Wildman–Crippen LogP) is 3.35. The van der Waals surface area contributed by atoms with E-state index in [1.54, 1.807) is 6.20 Å². The first-order valence-electron chi connectivity index (χ1n) is 4.77. The molecule has 1 atom stereocenters. The average molecular weight is 266 g/mol. The smallest absolute Gasteiger partial charge is 0.0728 e. The van der Waals surface area contributed by atoms with Crippen molar-refractivity contribution in [2.45, 2.75) is 13.0 Å². The molecular formula is C11H12BrN3. The van der Waals surface area contributed by atoms with E-state index in [0.717, 1.165) is 10.2 Å². The third kappa shape index (κ3) is 2.39. The number of halogens is 1. The lowest BCUT2D eigenvalue weighted by Crippen LogP contribution is -2.06. The molecule has 78 valence electrons. The normalized spacial score (nSPS) is 12.4. The van der Waals surface area contributed by atoms with Gasteiger partial charge in [-0.1, -0.05) is 34.1 Å². The van der Waals surface area contributed by atoms with Crippen LogP contribution in [0, 0.1) is 0 Å². The molecule has 1 unspecified atom stereocenters. The molecule has 1 heterocycles. The molecule has 0 aliphatic carbocycles. The highest BCUT2D eigenvalue weighted by molar-refractivity contribution is 9.10. The fraction of sp³-hybridized carbons (Fsp3) is 0.182. The minimum Gasteiger partial charge on any atom is -0.376 e. The van der Waals surface area contributed by atoms with Gasteiger partial charge in [-0.2, -0.15) is 5.10 Å². The van der Waals surface area contributed by atoms with Crippen molar-refractivity contribution in [1.29, 1.82) is 0 Å². The molecular weight excluding hydrogens is 254 g/mol. The Hall–Kier alpha value is -1.29. The lowest BCUT2D eigenvalue weighted by molar-refractivity contribution is 0.879. The van der Waals surface area contributed by atoms with E-state index >= 15 is 0 Å². The van der Waals surface area contributed by atoms with E-state index in [0.29, 0.717) is 0 Å². The Morgan fingerprint density at radius 1 is 1.40 bits per heavy atom. The van der Waals surface area contributed by atoms with Gasteiger partial charge >= 0.3 is 0 Å². The number of benzene rings is 1. The lowest BCUT2D eigenvalue weighted by atomic mass is 10.1. The molecule has 1 aromatic heterocycles. The second-order valence-electron chi connectivity index (χ2n) is 3.37. The maximum absolute atomic E-state index is 3.89. The van der Waals surface area contributed by atoms with Gasteiger partial charge in [-0.05, 0) is 18.6 Å². The van der Waals surface area contributed by atoms with E-state index in [1.165, 1.54) is 5.56 Å². The highest BCUT2D eigenvalue weighted by atomic mass is 79.9. The fourth-order valence-corrected chi connectivity index (χ4v) is 2.11. The largest absolute Gasteiger partial charge is 0.376 e. The standard InChI is InChI=1S/C11H12BrN3/c1-8(15-9-6-13-14-7-9)10-4-2-3-5-11(10)12/h2-8,15H,1H3,(H,13,14). The van der Waals surface area contributed by atoms with Crippen molar-refractivity contribution in [3.63, 3.8) is 0 Å². The fourth-order valence-electron chi connectivity index (χ4n) is 1.48. The average Bonchev–Trinajstić information content (AvgIpc) is 2.71. The van der Waals surface area contributed by atoms with E-state index < -0.39 is 0 Å². The Bertz CT molecular complexity index is 425. The van der Waals surface area contributed by atoms with Crippen LogP contribution in [0.25, 0.3) is 0 Å². The molecule has 0 aliphatic heterocycles. The minimum absolute atomic E-state index is 0.248. The molecule has 15 heavy (non-hydrogen) atoms. The van der Waals surface area contributed by atoms with Crippen molar-refractivity contribution in [2.24, 2.45) is 0 Å². The van der Waals surface area contributed by atoms with Gasteiger partial charge in [-0.3, -0.25) is 5.10 Å². The molecule has 0 spiro atoms. The van der Waals surface area contributed by atoms with E-state index in [2.05, 4.69) is 44.4 Å². The lowest BCUT2D eigenvalue weighted by Gasteiger charge is -2.15. The van der Waals surface area contributed by atoms with Crippen LogP contribution in [0.3, 0.4) is 0 Å². The summed E-state index contributed by atoms with van der Waals surface area (Å²) in [7, 11) is 0. The summed E-state index contributed by atoms with van der Waals surface area (Å²) in [4.78, 5) is 0. The summed E-state index contributed by atoms with van der Waals surface area (Å²) >= 11 is 3.54. The zero-order valence-corrected chi connectivity index (χ0v) is 9.95. The first-order chi connectivity index (χ1) is 7.27. The highest BCUT2D eigenvalue weighted by Gasteiger charge is 2.08. The van der Waals surface area contributed by atoms with Crippen LogP contribution in [0.15, 0.2) is 41.1 Å². The van der Waals surface area contributed by atoms with Crippen molar-refractivity contribution in [3.05, 3.63) is 46.7 Å². The molecule has 1 aromatic carbocycles. The predicted molar refractivity (Wildman–Crippen MR) is 64.8 cm³/mol. The number of hydrogen-bond donors (Lipinski definition) is 2. The molecule has 0 amide bonds. The second-order valence-corrected chi connectivity index (χ2v) is 4.23. The van der Waals surface area contributed by atoms with Gasteiger partial charge in [0, 0.05) is 16.7 Å².